The number of hydrogen-bond donors (Lipinski definition) is 0. The summed E-state index contributed by atoms with van der Waals surface area (Å²) in [6.07, 6.45) is -1.11. The number of hydrogen-bond acceptors (Lipinski definition) is 2. The van der Waals surface area contributed by atoms with Crippen molar-refractivity contribution >= 4 is 5.69 Å². The maximum Gasteiger partial charge on any atom is 0.417 e. The summed E-state index contributed by atoms with van der Waals surface area (Å²) in [6, 6.07) is 5.33. The molecule has 5 heteroatoms. The van der Waals surface area contributed by atoms with Gasteiger partial charge in [-0.05, 0) is 31.0 Å². The number of unbranched alkanes of at least 4 members (excludes halogenated alkanes) is 1. The van der Waals surface area contributed by atoms with E-state index in [-0.39, 0.29) is 5.56 Å². The van der Waals surface area contributed by atoms with Gasteiger partial charge in [0.25, 0.3) is 0 Å². The average Bonchev–Trinajstić information content (AvgIpc) is 2.37. The van der Waals surface area contributed by atoms with Crippen LogP contribution in [0.5, 0.6) is 0 Å². The third-order valence-corrected chi connectivity index (χ3v) is 2.77. The molecule has 19 heavy (non-hydrogen) atoms. The Hall–Kier alpha value is -1.96. The Morgan fingerprint density at radius 3 is 2.63 bits per heavy atom. The molecule has 0 amide bonds. The number of allylic oxidation sites excluding steroid dienone is 1. The lowest BCUT2D eigenvalue weighted by atomic mass is 10.1. The van der Waals surface area contributed by atoms with Crippen molar-refractivity contribution in [2.45, 2.75) is 19.0 Å². The highest BCUT2D eigenvalue weighted by Crippen LogP contribution is 2.34. The number of anilines is 1. The summed E-state index contributed by atoms with van der Waals surface area (Å²) in [5.41, 5.74) is -0.783. The molecule has 0 saturated carbocycles. The minimum atomic E-state index is -4.51. The molecule has 0 N–H and O–H groups in total. The molecule has 0 unspecified atom stereocenters. The standard InChI is InChI=1S/C14H15F3N2/c1-3-4-5-8-19(2)12-7-6-11(10-18)13(9-12)14(15,16)17/h3,6-7,9H,1,4-5,8H2,2H3. The molecule has 0 aliphatic rings. The van der Waals surface area contributed by atoms with E-state index in [2.05, 4.69) is 6.58 Å². The monoisotopic (exact) mass is 268 g/mol. The van der Waals surface area contributed by atoms with E-state index in [0.29, 0.717) is 12.2 Å². The molecule has 102 valence electrons. The fraction of sp³-hybridized carbons (Fsp3) is 0.357. The van der Waals surface area contributed by atoms with Gasteiger partial charge in [-0.3, -0.25) is 0 Å². The normalized spacial score (nSPS) is 10.9. The first kappa shape index (κ1) is 15.1. The van der Waals surface area contributed by atoms with Crippen molar-refractivity contribution in [1.29, 1.82) is 5.26 Å². The summed E-state index contributed by atoms with van der Waals surface area (Å²) >= 11 is 0. The minimum absolute atomic E-state index is 0.351. The molecule has 0 aliphatic heterocycles. The van der Waals surface area contributed by atoms with Gasteiger partial charge in [-0.25, -0.2) is 0 Å². The third-order valence-electron chi connectivity index (χ3n) is 2.77. The zero-order valence-corrected chi connectivity index (χ0v) is 10.7. The number of nitrogens with zero attached hydrogens (tertiary/aromatic N) is 2. The van der Waals surface area contributed by atoms with Crippen LogP contribution in [0.1, 0.15) is 24.0 Å². The first-order chi connectivity index (χ1) is 8.90. The van der Waals surface area contributed by atoms with Crippen molar-refractivity contribution < 1.29 is 13.2 Å². The van der Waals surface area contributed by atoms with Crippen molar-refractivity contribution in [3.8, 4) is 6.07 Å². The molecule has 0 fully saturated rings. The summed E-state index contributed by atoms with van der Waals surface area (Å²) in [5, 5.41) is 8.71. The van der Waals surface area contributed by atoms with Crippen LogP contribution in [0.25, 0.3) is 0 Å². The fourth-order valence-electron chi connectivity index (χ4n) is 1.70. The molecular weight excluding hydrogens is 253 g/mol. The summed E-state index contributed by atoms with van der Waals surface area (Å²) < 4.78 is 38.4. The van der Waals surface area contributed by atoms with Gasteiger partial charge in [-0.1, -0.05) is 6.08 Å². The van der Waals surface area contributed by atoms with Gasteiger partial charge in [0.2, 0.25) is 0 Å². The first-order valence-corrected chi connectivity index (χ1v) is 5.83. The number of alkyl halides is 3. The Kier molecular flexibility index (Phi) is 4.99. The SMILES string of the molecule is C=CCCCN(C)c1ccc(C#N)c(C(F)(F)F)c1. The van der Waals surface area contributed by atoms with Crippen LogP contribution in [0.4, 0.5) is 18.9 Å². The highest BCUT2D eigenvalue weighted by Gasteiger charge is 2.34. The van der Waals surface area contributed by atoms with E-state index in [0.717, 1.165) is 18.9 Å². The summed E-state index contributed by atoms with van der Waals surface area (Å²) in [5.74, 6) is 0. The van der Waals surface area contributed by atoms with Crippen LogP contribution >= 0.6 is 0 Å². The van der Waals surface area contributed by atoms with Crippen LogP contribution in [-0.4, -0.2) is 13.6 Å². The van der Waals surface area contributed by atoms with Crippen molar-refractivity contribution in [2.24, 2.45) is 0 Å². The number of nitriles is 1. The minimum Gasteiger partial charge on any atom is -0.375 e. The maximum absolute atomic E-state index is 12.8. The van der Waals surface area contributed by atoms with Crippen LogP contribution in [0.3, 0.4) is 0 Å². The molecule has 0 bridgehead atoms. The van der Waals surface area contributed by atoms with Crippen LogP contribution in [0.15, 0.2) is 30.9 Å². The van der Waals surface area contributed by atoms with Gasteiger partial charge in [0.1, 0.15) is 0 Å². The summed E-state index contributed by atoms with van der Waals surface area (Å²) in [6.45, 7) is 4.23. The van der Waals surface area contributed by atoms with Crippen LogP contribution in [-0.2, 0) is 6.18 Å². The lowest BCUT2D eigenvalue weighted by molar-refractivity contribution is -0.137. The lowest BCUT2D eigenvalue weighted by Crippen LogP contribution is -2.19. The Bertz CT molecular complexity index is 486. The van der Waals surface area contributed by atoms with Gasteiger partial charge in [0.15, 0.2) is 0 Å². The molecule has 0 saturated heterocycles. The smallest absolute Gasteiger partial charge is 0.375 e. The van der Waals surface area contributed by atoms with Crippen molar-refractivity contribution in [3.63, 3.8) is 0 Å². The van der Waals surface area contributed by atoms with Gasteiger partial charge < -0.3 is 4.90 Å². The molecule has 1 rings (SSSR count). The van der Waals surface area contributed by atoms with Gasteiger partial charge in [0, 0.05) is 19.3 Å². The van der Waals surface area contributed by atoms with Gasteiger partial charge in [-0.2, -0.15) is 18.4 Å². The van der Waals surface area contributed by atoms with E-state index >= 15 is 0 Å². The van der Waals surface area contributed by atoms with Gasteiger partial charge in [-0.15, -0.1) is 6.58 Å². The first-order valence-electron chi connectivity index (χ1n) is 5.83. The average molecular weight is 268 g/mol. The zero-order chi connectivity index (χ0) is 14.5. The van der Waals surface area contributed by atoms with E-state index in [1.165, 1.54) is 12.1 Å². The van der Waals surface area contributed by atoms with Crippen molar-refractivity contribution in [2.75, 3.05) is 18.5 Å². The number of halogens is 3. The predicted molar refractivity (Wildman–Crippen MR) is 68.9 cm³/mol. The second kappa shape index (κ2) is 6.28. The Balaban J connectivity index is 2.99. The molecule has 0 spiro atoms. The third kappa shape index (κ3) is 4.02. The quantitative estimate of drug-likeness (QED) is 0.596. The van der Waals surface area contributed by atoms with Gasteiger partial charge >= 0.3 is 6.18 Å². The van der Waals surface area contributed by atoms with Crippen LogP contribution < -0.4 is 4.90 Å². The highest BCUT2D eigenvalue weighted by atomic mass is 19.4. The molecule has 0 atom stereocenters. The predicted octanol–water partition coefficient (Wildman–Crippen LogP) is 3.98. The van der Waals surface area contributed by atoms with Crippen molar-refractivity contribution in [1.82, 2.24) is 0 Å². The molecule has 0 aliphatic carbocycles. The molecule has 1 aromatic carbocycles. The van der Waals surface area contributed by atoms with E-state index in [4.69, 9.17) is 5.26 Å². The molecular formula is C14H15F3N2. The van der Waals surface area contributed by atoms with E-state index < -0.39 is 11.7 Å². The molecule has 2 nitrogen and oxygen atoms in total. The number of benzene rings is 1. The summed E-state index contributed by atoms with van der Waals surface area (Å²) in [7, 11) is 1.73. The second-order valence-corrected chi connectivity index (χ2v) is 4.19. The number of rotatable bonds is 5. The largest absolute Gasteiger partial charge is 0.417 e. The summed E-state index contributed by atoms with van der Waals surface area (Å²) in [4.78, 5) is 1.74. The fourth-order valence-corrected chi connectivity index (χ4v) is 1.70. The Labute approximate surface area is 110 Å². The molecule has 0 radical (unpaired) electrons. The Morgan fingerprint density at radius 1 is 1.42 bits per heavy atom. The molecule has 1 aromatic rings. The van der Waals surface area contributed by atoms with Crippen LogP contribution in [0, 0.1) is 11.3 Å². The van der Waals surface area contributed by atoms with Crippen molar-refractivity contribution in [3.05, 3.63) is 42.0 Å². The van der Waals surface area contributed by atoms with E-state index in [1.807, 2.05) is 0 Å². The second-order valence-electron chi connectivity index (χ2n) is 4.19. The highest BCUT2D eigenvalue weighted by molar-refractivity contribution is 5.54. The maximum atomic E-state index is 12.8. The Morgan fingerprint density at radius 2 is 2.11 bits per heavy atom. The zero-order valence-electron chi connectivity index (χ0n) is 10.7. The van der Waals surface area contributed by atoms with E-state index in [9.17, 15) is 13.2 Å². The lowest BCUT2D eigenvalue weighted by Gasteiger charge is -2.20. The van der Waals surface area contributed by atoms with Gasteiger partial charge in [0.05, 0.1) is 17.2 Å². The molecule has 0 aromatic heterocycles. The van der Waals surface area contributed by atoms with Crippen LogP contribution in [0.2, 0.25) is 0 Å². The topological polar surface area (TPSA) is 27.0 Å². The van der Waals surface area contributed by atoms with E-state index in [1.54, 1.807) is 24.1 Å². The molecule has 0 heterocycles.